The van der Waals surface area contributed by atoms with Gasteiger partial charge < -0.3 is 13.7 Å². The number of ether oxygens (including phenoxy) is 1. The number of aliphatic imine (C=N–C) groups is 2. The summed E-state index contributed by atoms with van der Waals surface area (Å²) >= 11 is 0. The standard InChI is InChI=1S/C63H42N4O2/c1-38(40-16-4-3-5-17-40)64-63(65-39(2)42-30-33-59-52(35-42)48-22-10-14-26-57(48)68-59)67-55-25-13-9-21-47(55)51-32-31-50-46-20-8-12-24-54(46)66(60(50)61(51)67)56-37-45(44-29-28-41-18-6-7-19-43(41)34-44)36-53-49-23-11-15-27-58(49)69-62(53)56/h3-35,37,53H,1,36H2,2H3. The molecule has 2 aliphatic rings. The zero-order valence-corrected chi connectivity index (χ0v) is 37.7. The summed E-state index contributed by atoms with van der Waals surface area (Å²) in [5.41, 5.74) is 13.8. The average molecular weight is 887 g/mol. The number of furan rings is 1. The molecule has 69 heavy (non-hydrogen) atoms. The van der Waals surface area contributed by atoms with Gasteiger partial charge >= 0.3 is 0 Å². The lowest BCUT2D eigenvalue weighted by molar-refractivity contribution is 0.427. The third-order valence-corrected chi connectivity index (χ3v) is 14.3. The van der Waals surface area contributed by atoms with E-state index in [9.17, 15) is 0 Å². The molecule has 14 rings (SSSR count). The third kappa shape index (κ3) is 6.12. The van der Waals surface area contributed by atoms with Crippen molar-refractivity contribution in [1.29, 1.82) is 0 Å². The molecule has 9 aromatic carbocycles. The molecule has 0 fully saturated rings. The Labute approximate surface area is 397 Å². The van der Waals surface area contributed by atoms with Gasteiger partial charge in [0.25, 0.3) is 0 Å². The molecule has 0 spiro atoms. The van der Waals surface area contributed by atoms with Gasteiger partial charge in [0.05, 0.1) is 39.4 Å². The second kappa shape index (κ2) is 15.3. The van der Waals surface area contributed by atoms with E-state index in [2.05, 4.69) is 180 Å². The lowest BCUT2D eigenvalue weighted by Crippen LogP contribution is -2.14. The number of benzene rings is 9. The Morgan fingerprint density at radius 1 is 0.551 bits per heavy atom. The first-order valence-corrected chi connectivity index (χ1v) is 23.5. The van der Waals surface area contributed by atoms with Crippen molar-refractivity contribution in [1.82, 2.24) is 9.13 Å². The van der Waals surface area contributed by atoms with Crippen molar-refractivity contribution in [2.45, 2.75) is 19.3 Å². The van der Waals surface area contributed by atoms with Crippen LogP contribution in [0.25, 0.3) is 93.3 Å². The lowest BCUT2D eigenvalue weighted by atomic mass is 9.83. The van der Waals surface area contributed by atoms with Gasteiger partial charge in [-0.2, -0.15) is 0 Å². The van der Waals surface area contributed by atoms with Crippen LogP contribution >= 0.6 is 0 Å². The van der Waals surface area contributed by atoms with Gasteiger partial charge in [-0.3, -0.25) is 4.57 Å². The number of hydrogen-bond acceptors (Lipinski definition) is 3. The Balaban J connectivity index is 1.08. The van der Waals surface area contributed by atoms with Gasteiger partial charge in [-0.05, 0) is 101 Å². The molecule has 0 bridgehead atoms. The Morgan fingerprint density at radius 3 is 2.09 bits per heavy atom. The molecule has 4 heterocycles. The van der Waals surface area contributed by atoms with Crippen molar-refractivity contribution in [3.63, 3.8) is 0 Å². The first kappa shape index (κ1) is 39.2. The van der Waals surface area contributed by atoms with Crippen LogP contribution in [-0.4, -0.2) is 20.8 Å². The van der Waals surface area contributed by atoms with Crippen LogP contribution in [0.4, 0.5) is 0 Å². The molecule has 0 saturated carbocycles. The fourth-order valence-corrected chi connectivity index (χ4v) is 11.0. The van der Waals surface area contributed by atoms with Gasteiger partial charge in [-0.1, -0.05) is 158 Å². The van der Waals surface area contributed by atoms with E-state index in [0.29, 0.717) is 11.7 Å². The lowest BCUT2D eigenvalue weighted by Gasteiger charge is -2.25. The first-order valence-electron chi connectivity index (χ1n) is 23.5. The highest BCUT2D eigenvalue weighted by Gasteiger charge is 2.37. The molecular formula is C63H42N4O2. The highest BCUT2D eigenvalue weighted by Crippen LogP contribution is 2.52. The van der Waals surface area contributed by atoms with E-state index < -0.39 is 0 Å². The number of nitrogens with zero attached hydrogens (tertiary/aromatic N) is 4. The monoisotopic (exact) mass is 886 g/mol. The highest BCUT2D eigenvalue weighted by atomic mass is 16.5. The van der Waals surface area contributed by atoms with Crippen molar-refractivity contribution < 1.29 is 9.15 Å². The topological polar surface area (TPSA) is 57.0 Å². The van der Waals surface area contributed by atoms with Gasteiger partial charge in [-0.15, -0.1) is 0 Å². The van der Waals surface area contributed by atoms with Crippen LogP contribution in [0.1, 0.15) is 41.5 Å². The van der Waals surface area contributed by atoms with E-state index >= 15 is 0 Å². The zero-order valence-electron chi connectivity index (χ0n) is 37.7. The Morgan fingerprint density at radius 2 is 1.23 bits per heavy atom. The minimum atomic E-state index is 0.0206. The molecule has 0 radical (unpaired) electrons. The van der Waals surface area contributed by atoms with Gasteiger partial charge in [0.15, 0.2) is 0 Å². The van der Waals surface area contributed by atoms with E-state index in [4.69, 9.17) is 19.1 Å². The van der Waals surface area contributed by atoms with Crippen LogP contribution in [0.15, 0.2) is 233 Å². The number of rotatable bonds is 5. The second-order valence-electron chi connectivity index (χ2n) is 18.2. The quantitative estimate of drug-likeness (QED) is 0.128. The zero-order chi connectivity index (χ0) is 45.7. The Hall–Kier alpha value is -9.00. The van der Waals surface area contributed by atoms with Gasteiger partial charge in [0.1, 0.15) is 22.7 Å². The molecule has 12 aromatic rings. The summed E-state index contributed by atoms with van der Waals surface area (Å²) in [5, 5.41) is 9.00. The van der Waals surface area contributed by atoms with Crippen molar-refractivity contribution in [2.24, 2.45) is 9.98 Å². The summed E-state index contributed by atoms with van der Waals surface area (Å²) in [6.45, 7) is 6.63. The van der Waals surface area contributed by atoms with E-state index in [1.807, 2.05) is 48.5 Å². The fraction of sp³-hybridized carbons (Fsp3) is 0.0476. The minimum Gasteiger partial charge on any atom is -0.459 e. The third-order valence-electron chi connectivity index (χ3n) is 14.3. The van der Waals surface area contributed by atoms with Gasteiger partial charge in [0.2, 0.25) is 5.96 Å². The highest BCUT2D eigenvalue weighted by molar-refractivity contribution is 6.27. The predicted octanol–water partition coefficient (Wildman–Crippen LogP) is 16.2. The number of fused-ring (bicyclic) bond motifs is 14. The Bertz CT molecular complexity index is 4290. The molecule has 326 valence electrons. The normalized spacial score (nSPS) is 15.2. The maximum Gasteiger partial charge on any atom is 0.235 e. The molecule has 6 nitrogen and oxygen atoms in total. The molecule has 1 unspecified atom stereocenters. The van der Waals surface area contributed by atoms with Crippen molar-refractivity contribution in [2.75, 3.05) is 0 Å². The summed E-state index contributed by atoms with van der Waals surface area (Å²) in [6, 6.07) is 70.5. The van der Waals surface area contributed by atoms with Crippen molar-refractivity contribution >= 4 is 105 Å². The maximum atomic E-state index is 7.05. The molecule has 1 aliphatic carbocycles. The molecule has 3 aromatic heterocycles. The largest absolute Gasteiger partial charge is 0.459 e. The number of hydrogen-bond donors (Lipinski definition) is 0. The van der Waals surface area contributed by atoms with E-state index in [1.54, 1.807) is 0 Å². The number of para-hydroxylation sites is 4. The molecule has 1 atom stereocenters. The predicted molar refractivity (Wildman–Crippen MR) is 286 cm³/mol. The van der Waals surface area contributed by atoms with Crippen LogP contribution in [0.5, 0.6) is 5.75 Å². The molecule has 1 aliphatic heterocycles. The summed E-state index contributed by atoms with van der Waals surface area (Å²) in [7, 11) is 0. The molecule has 6 heteroatoms. The molecule has 0 N–H and O–H groups in total. The smallest absolute Gasteiger partial charge is 0.235 e. The summed E-state index contributed by atoms with van der Waals surface area (Å²) < 4.78 is 18.0. The second-order valence-corrected chi connectivity index (χ2v) is 18.2. The van der Waals surface area contributed by atoms with E-state index in [0.717, 1.165) is 106 Å². The van der Waals surface area contributed by atoms with E-state index in [-0.39, 0.29) is 5.92 Å². The minimum absolute atomic E-state index is 0.0206. The fourth-order valence-electron chi connectivity index (χ4n) is 11.0. The van der Waals surface area contributed by atoms with Crippen LogP contribution in [0.3, 0.4) is 0 Å². The number of aromatic nitrogens is 2. The van der Waals surface area contributed by atoms with Crippen LogP contribution < -0.4 is 4.74 Å². The first-order chi connectivity index (χ1) is 34.0. The molecular weight excluding hydrogens is 845 g/mol. The summed E-state index contributed by atoms with van der Waals surface area (Å²) in [4.78, 5) is 11.0. The summed E-state index contributed by atoms with van der Waals surface area (Å²) in [5.74, 6) is 2.38. The van der Waals surface area contributed by atoms with Gasteiger partial charge in [0, 0.05) is 43.6 Å². The average Bonchev–Trinajstić information content (AvgIpc) is 4.16. The SMILES string of the molecule is C=C(N=C(N=C(C)c1ccc2oc3ccccc3c2c1)n1c2ccccc2c2ccc3c4ccccc4n(C4=C5Oc6ccccc6C5CC(c5ccc6ccccc6c5)=C4)c3c21)c1ccccc1. The van der Waals surface area contributed by atoms with Crippen LogP contribution in [-0.2, 0) is 0 Å². The number of allylic oxidation sites excluding steroid dienone is 4. The van der Waals surface area contributed by atoms with Crippen LogP contribution in [0.2, 0.25) is 0 Å². The molecule has 0 saturated heterocycles. The van der Waals surface area contributed by atoms with E-state index in [1.165, 1.54) is 27.5 Å². The van der Waals surface area contributed by atoms with Crippen molar-refractivity contribution in [3.05, 3.63) is 241 Å². The van der Waals surface area contributed by atoms with Gasteiger partial charge in [-0.25, -0.2) is 9.98 Å². The molecule has 0 amide bonds. The summed E-state index contributed by atoms with van der Waals surface area (Å²) in [6.07, 6.45) is 3.19. The maximum absolute atomic E-state index is 7.05. The Kier molecular flexibility index (Phi) is 8.67. The van der Waals surface area contributed by atoms with Crippen LogP contribution in [0, 0.1) is 0 Å². The van der Waals surface area contributed by atoms with Crippen molar-refractivity contribution in [3.8, 4) is 5.75 Å².